The molecule has 1 N–H and O–H groups in total. The van der Waals surface area contributed by atoms with Crippen LogP contribution >= 0.6 is 0 Å². The summed E-state index contributed by atoms with van der Waals surface area (Å²) in [4.78, 5) is 4.30. The molecule has 0 atom stereocenters. The molecule has 16 heavy (non-hydrogen) atoms. The molecule has 1 heterocycles. The zero-order valence-electron chi connectivity index (χ0n) is 10.8. The molecule has 0 saturated heterocycles. The third-order valence-corrected chi connectivity index (χ3v) is 2.59. The predicted molar refractivity (Wildman–Crippen MR) is 69.6 cm³/mol. The molecule has 1 rings (SSSR count). The fourth-order valence-corrected chi connectivity index (χ4v) is 1.62. The van der Waals surface area contributed by atoms with E-state index < -0.39 is 0 Å². The molecule has 0 unspecified atom stereocenters. The normalized spacial score (nSPS) is 11.0. The van der Waals surface area contributed by atoms with E-state index in [4.69, 9.17) is 0 Å². The van der Waals surface area contributed by atoms with Crippen LogP contribution in [0.4, 0.5) is 0 Å². The molecule has 0 spiro atoms. The van der Waals surface area contributed by atoms with Gasteiger partial charge in [0.25, 0.3) is 0 Å². The minimum absolute atomic E-state index is 0.751. The Bertz CT molecular complexity index is 277. The van der Waals surface area contributed by atoms with Crippen molar-refractivity contribution in [2.75, 3.05) is 13.1 Å². The number of unbranched alkanes of at least 4 members (excludes halogenated alkanes) is 1. The molecule has 2 heteroatoms. The molecule has 90 valence electrons. The SMILES string of the molecule is Cc1ccc(CCCCNCC(C)C)cn1. The predicted octanol–water partition coefficient (Wildman–Crippen LogP) is 2.96. The summed E-state index contributed by atoms with van der Waals surface area (Å²) in [6, 6.07) is 4.27. The summed E-state index contributed by atoms with van der Waals surface area (Å²) >= 11 is 0. The lowest BCUT2D eigenvalue weighted by molar-refractivity contribution is 0.535. The first kappa shape index (κ1) is 13.2. The van der Waals surface area contributed by atoms with Gasteiger partial charge in [0.1, 0.15) is 0 Å². The molecule has 0 bridgehead atoms. The zero-order chi connectivity index (χ0) is 11.8. The highest BCUT2D eigenvalue weighted by molar-refractivity contribution is 5.12. The molecule has 0 radical (unpaired) electrons. The molecule has 0 aliphatic rings. The van der Waals surface area contributed by atoms with Crippen molar-refractivity contribution in [1.29, 1.82) is 0 Å². The topological polar surface area (TPSA) is 24.9 Å². The quantitative estimate of drug-likeness (QED) is 0.715. The van der Waals surface area contributed by atoms with Gasteiger partial charge in [-0.2, -0.15) is 0 Å². The van der Waals surface area contributed by atoms with Crippen molar-refractivity contribution in [3.8, 4) is 0 Å². The smallest absolute Gasteiger partial charge is 0.0372 e. The van der Waals surface area contributed by atoms with E-state index in [9.17, 15) is 0 Å². The van der Waals surface area contributed by atoms with Gasteiger partial charge in [0.2, 0.25) is 0 Å². The summed E-state index contributed by atoms with van der Waals surface area (Å²) in [5, 5.41) is 3.46. The number of nitrogens with zero attached hydrogens (tertiary/aromatic N) is 1. The fourth-order valence-electron chi connectivity index (χ4n) is 1.62. The molecular formula is C14H24N2. The maximum absolute atomic E-state index is 4.30. The average Bonchev–Trinajstić information content (AvgIpc) is 2.25. The lowest BCUT2D eigenvalue weighted by Gasteiger charge is -2.07. The maximum atomic E-state index is 4.30. The highest BCUT2D eigenvalue weighted by Gasteiger charge is 1.95. The van der Waals surface area contributed by atoms with E-state index in [2.05, 4.69) is 36.3 Å². The number of nitrogens with one attached hydrogen (secondary N) is 1. The highest BCUT2D eigenvalue weighted by atomic mass is 14.8. The van der Waals surface area contributed by atoms with Crippen molar-refractivity contribution in [2.24, 2.45) is 5.92 Å². The van der Waals surface area contributed by atoms with E-state index in [1.54, 1.807) is 0 Å². The lowest BCUT2D eigenvalue weighted by atomic mass is 10.1. The Morgan fingerprint density at radius 3 is 2.69 bits per heavy atom. The van der Waals surface area contributed by atoms with Crippen LogP contribution in [-0.2, 0) is 6.42 Å². The minimum atomic E-state index is 0.751. The van der Waals surface area contributed by atoms with Gasteiger partial charge in [-0.05, 0) is 56.8 Å². The molecule has 0 amide bonds. The fraction of sp³-hybridized carbons (Fsp3) is 0.643. The Labute approximate surface area is 99.5 Å². The van der Waals surface area contributed by atoms with Crippen LogP contribution in [0, 0.1) is 12.8 Å². The van der Waals surface area contributed by atoms with Crippen LogP contribution in [0.3, 0.4) is 0 Å². The van der Waals surface area contributed by atoms with Crippen LogP contribution in [0.1, 0.15) is 37.9 Å². The van der Waals surface area contributed by atoms with Crippen LogP contribution in [0.15, 0.2) is 18.3 Å². The molecule has 0 saturated carbocycles. The first-order chi connectivity index (χ1) is 7.68. The van der Waals surface area contributed by atoms with Gasteiger partial charge in [0.05, 0.1) is 0 Å². The third kappa shape index (κ3) is 5.86. The summed E-state index contributed by atoms with van der Waals surface area (Å²) in [5.41, 5.74) is 2.46. The molecular weight excluding hydrogens is 196 g/mol. The molecule has 1 aromatic heterocycles. The Hall–Kier alpha value is -0.890. The summed E-state index contributed by atoms with van der Waals surface area (Å²) in [6.07, 6.45) is 5.64. The van der Waals surface area contributed by atoms with E-state index >= 15 is 0 Å². The second-order valence-electron chi connectivity index (χ2n) is 4.86. The number of hydrogen-bond donors (Lipinski definition) is 1. The Balaban J connectivity index is 2.05. The van der Waals surface area contributed by atoms with Crippen LogP contribution in [0.25, 0.3) is 0 Å². The maximum Gasteiger partial charge on any atom is 0.0372 e. The van der Waals surface area contributed by atoms with Crippen LogP contribution < -0.4 is 5.32 Å². The molecule has 1 aromatic rings. The molecule has 0 aliphatic carbocycles. The first-order valence-electron chi connectivity index (χ1n) is 6.30. The van der Waals surface area contributed by atoms with Gasteiger partial charge < -0.3 is 5.32 Å². The number of rotatable bonds is 7. The van der Waals surface area contributed by atoms with Gasteiger partial charge in [0.15, 0.2) is 0 Å². The van der Waals surface area contributed by atoms with Crippen molar-refractivity contribution >= 4 is 0 Å². The molecule has 0 aliphatic heterocycles. The Morgan fingerprint density at radius 1 is 1.25 bits per heavy atom. The van der Waals surface area contributed by atoms with Crippen molar-refractivity contribution < 1.29 is 0 Å². The van der Waals surface area contributed by atoms with Gasteiger partial charge in [0, 0.05) is 11.9 Å². The summed E-state index contributed by atoms with van der Waals surface area (Å²) in [7, 11) is 0. The molecule has 0 aromatic carbocycles. The second-order valence-corrected chi connectivity index (χ2v) is 4.86. The van der Waals surface area contributed by atoms with E-state index in [1.807, 2.05) is 13.1 Å². The average molecular weight is 220 g/mol. The highest BCUT2D eigenvalue weighted by Crippen LogP contribution is 2.04. The summed E-state index contributed by atoms with van der Waals surface area (Å²) in [6.45, 7) is 8.78. The van der Waals surface area contributed by atoms with Gasteiger partial charge >= 0.3 is 0 Å². The van der Waals surface area contributed by atoms with Crippen LogP contribution in [-0.4, -0.2) is 18.1 Å². The van der Waals surface area contributed by atoms with E-state index in [1.165, 1.54) is 18.4 Å². The van der Waals surface area contributed by atoms with E-state index in [-0.39, 0.29) is 0 Å². The van der Waals surface area contributed by atoms with E-state index in [0.717, 1.165) is 31.1 Å². The van der Waals surface area contributed by atoms with Crippen molar-refractivity contribution in [2.45, 2.75) is 40.0 Å². The largest absolute Gasteiger partial charge is 0.316 e. The van der Waals surface area contributed by atoms with Crippen LogP contribution in [0.5, 0.6) is 0 Å². The lowest BCUT2D eigenvalue weighted by Crippen LogP contribution is -2.20. The standard InChI is InChI=1S/C14H24N2/c1-12(2)10-15-9-5-4-6-14-8-7-13(3)16-11-14/h7-8,11-12,15H,4-6,9-10H2,1-3H3. The number of pyridine rings is 1. The number of hydrogen-bond acceptors (Lipinski definition) is 2. The minimum Gasteiger partial charge on any atom is -0.316 e. The van der Waals surface area contributed by atoms with Gasteiger partial charge in [-0.1, -0.05) is 19.9 Å². The molecule has 2 nitrogen and oxygen atoms in total. The Morgan fingerprint density at radius 2 is 2.06 bits per heavy atom. The van der Waals surface area contributed by atoms with Crippen LogP contribution in [0.2, 0.25) is 0 Å². The summed E-state index contributed by atoms with van der Waals surface area (Å²) in [5.74, 6) is 0.751. The number of aryl methyl sites for hydroxylation is 2. The van der Waals surface area contributed by atoms with Gasteiger partial charge in [-0.15, -0.1) is 0 Å². The molecule has 0 fully saturated rings. The first-order valence-corrected chi connectivity index (χ1v) is 6.30. The van der Waals surface area contributed by atoms with E-state index in [0.29, 0.717) is 0 Å². The van der Waals surface area contributed by atoms with Gasteiger partial charge in [-0.3, -0.25) is 4.98 Å². The third-order valence-electron chi connectivity index (χ3n) is 2.59. The Kier molecular flexibility index (Phi) is 6.09. The van der Waals surface area contributed by atoms with Crippen molar-refractivity contribution in [3.63, 3.8) is 0 Å². The number of aromatic nitrogens is 1. The monoisotopic (exact) mass is 220 g/mol. The second kappa shape index (κ2) is 7.39. The van der Waals surface area contributed by atoms with Gasteiger partial charge in [-0.25, -0.2) is 0 Å². The van der Waals surface area contributed by atoms with Crippen molar-refractivity contribution in [1.82, 2.24) is 10.3 Å². The van der Waals surface area contributed by atoms with Crippen molar-refractivity contribution in [3.05, 3.63) is 29.6 Å². The summed E-state index contributed by atoms with van der Waals surface area (Å²) < 4.78 is 0. The zero-order valence-corrected chi connectivity index (χ0v) is 10.8.